The number of carbonyl (C=O) groups is 1. The zero-order chi connectivity index (χ0) is 15.0. The summed E-state index contributed by atoms with van der Waals surface area (Å²) in [5, 5.41) is 7.70. The molecule has 6 nitrogen and oxygen atoms in total. The van der Waals surface area contributed by atoms with E-state index in [-0.39, 0.29) is 15.8 Å². The average molecular weight is 313 g/mol. The standard InChI is InChI=1S/C12H15N3O3S2/c13-10(19)12(5-2-6-12)11(16)15-8-3-1-4-9(7-8)20(14,17)18/h1,3-4,7H,2,5-6H2,(H2,13,19)(H,15,16)(H2,14,17,18). The summed E-state index contributed by atoms with van der Waals surface area (Å²) >= 11 is 4.96. The third kappa shape index (κ3) is 2.67. The van der Waals surface area contributed by atoms with Crippen LogP contribution >= 0.6 is 12.2 Å². The lowest BCUT2D eigenvalue weighted by atomic mass is 9.68. The Morgan fingerprint density at radius 2 is 2.00 bits per heavy atom. The number of nitrogens with two attached hydrogens (primary N) is 2. The van der Waals surface area contributed by atoms with Gasteiger partial charge in [-0.2, -0.15) is 0 Å². The number of amides is 1. The van der Waals surface area contributed by atoms with Crippen LogP contribution < -0.4 is 16.2 Å². The molecule has 0 bridgehead atoms. The predicted molar refractivity (Wildman–Crippen MR) is 79.5 cm³/mol. The summed E-state index contributed by atoms with van der Waals surface area (Å²) in [5.41, 5.74) is 5.18. The molecule has 1 saturated carbocycles. The van der Waals surface area contributed by atoms with Crippen LogP contribution in [-0.2, 0) is 14.8 Å². The van der Waals surface area contributed by atoms with Gasteiger partial charge >= 0.3 is 0 Å². The molecule has 108 valence electrons. The molecule has 8 heteroatoms. The van der Waals surface area contributed by atoms with Crippen molar-refractivity contribution in [1.82, 2.24) is 0 Å². The molecule has 0 unspecified atom stereocenters. The predicted octanol–water partition coefficient (Wildman–Crippen LogP) is 0.729. The van der Waals surface area contributed by atoms with E-state index in [0.717, 1.165) is 6.42 Å². The maximum absolute atomic E-state index is 12.3. The van der Waals surface area contributed by atoms with Gasteiger partial charge in [-0.05, 0) is 31.0 Å². The first-order valence-electron chi connectivity index (χ1n) is 6.00. The summed E-state index contributed by atoms with van der Waals surface area (Å²) in [6, 6.07) is 5.75. The maximum atomic E-state index is 12.3. The van der Waals surface area contributed by atoms with E-state index in [9.17, 15) is 13.2 Å². The fourth-order valence-electron chi connectivity index (χ4n) is 2.12. The molecule has 1 aliphatic rings. The van der Waals surface area contributed by atoms with Gasteiger partial charge in [0.15, 0.2) is 0 Å². The second-order valence-electron chi connectivity index (χ2n) is 4.83. The lowest BCUT2D eigenvalue weighted by molar-refractivity contribution is -0.125. The van der Waals surface area contributed by atoms with Gasteiger partial charge in [0.1, 0.15) is 0 Å². The third-order valence-electron chi connectivity index (χ3n) is 3.53. The minimum atomic E-state index is -3.81. The molecule has 0 saturated heterocycles. The highest BCUT2D eigenvalue weighted by Gasteiger charge is 2.46. The van der Waals surface area contributed by atoms with Crippen LogP contribution in [0.4, 0.5) is 5.69 Å². The zero-order valence-corrected chi connectivity index (χ0v) is 12.3. The molecular formula is C12H15N3O3S2. The Hall–Kier alpha value is -1.51. The number of hydrogen-bond acceptors (Lipinski definition) is 4. The Balaban J connectivity index is 2.23. The van der Waals surface area contributed by atoms with Gasteiger partial charge in [-0.25, -0.2) is 13.6 Å². The number of thiocarbonyl (C=S) groups is 1. The second kappa shape index (κ2) is 5.12. The summed E-state index contributed by atoms with van der Waals surface area (Å²) in [6.07, 6.45) is 2.12. The molecule has 1 aliphatic carbocycles. The van der Waals surface area contributed by atoms with E-state index in [4.69, 9.17) is 23.1 Å². The second-order valence-corrected chi connectivity index (χ2v) is 6.83. The highest BCUT2D eigenvalue weighted by atomic mass is 32.2. The summed E-state index contributed by atoms with van der Waals surface area (Å²) in [5.74, 6) is -0.303. The summed E-state index contributed by atoms with van der Waals surface area (Å²) < 4.78 is 22.5. The third-order valence-corrected chi connectivity index (χ3v) is 4.84. The molecule has 1 aromatic carbocycles. The molecule has 5 N–H and O–H groups in total. The van der Waals surface area contributed by atoms with Crippen molar-refractivity contribution in [2.24, 2.45) is 16.3 Å². The van der Waals surface area contributed by atoms with Gasteiger partial charge in [0.2, 0.25) is 15.9 Å². The van der Waals surface area contributed by atoms with Gasteiger partial charge < -0.3 is 11.1 Å². The normalized spacial score (nSPS) is 17.1. The molecule has 0 spiro atoms. The largest absolute Gasteiger partial charge is 0.392 e. The summed E-state index contributed by atoms with van der Waals surface area (Å²) in [7, 11) is -3.81. The Bertz CT molecular complexity index is 666. The topological polar surface area (TPSA) is 115 Å². The van der Waals surface area contributed by atoms with E-state index in [1.165, 1.54) is 18.2 Å². The van der Waals surface area contributed by atoms with Crippen molar-refractivity contribution >= 4 is 38.8 Å². The van der Waals surface area contributed by atoms with Gasteiger partial charge in [-0.3, -0.25) is 4.79 Å². The van der Waals surface area contributed by atoms with Crippen LogP contribution in [0.2, 0.25) is 0 Å². The van der Waals surface area contributed by atoms with Crippen LogP contribution in [0.3, 0.4) is 0 Å². The van der Waals surface area contributed by atoms with Crippen molar-refractivity contribution in [2.45, 2.75) is 24.2 Å². The van der Waals surface area contributed by atoms with Crippen molar-refractivity contribution < 1.29 is 13.2 Å². The molecule has 0 aromatic heterocycles. The number of benzene rings is 1. The summed E-state index contributed by atoms with van der Waals surface area (Å²) in [6.45, 7) is 0. The molecule has 1 amide bonds. The molecule has 1 aromatic rings. The number of rotatable bonds is 4. The number of carbonyl (C=O) groups excluding carboxylic acids is 1. The molecule has 0 heterocycles. The molecule has 0 aliphatic heterocycles. The van der Waals surface area contributed by atoms with Crippen LogP contribution in [-0.4, -0.2) is 19.3 Å². The van der Waals surface area contributed by atoms with Crippen LogP contribution in [0, 0.1) is 5.41 Å². The van der Waals surface area contributed by atoms with Gasteiger partial charge in [-0.15, -0.1) is 0 Å². The number of primary sulfonamides is 1. The van der Waals surface area contributed by atoms with Gasteiger partial charge in [-0.1, -0.05) is 24.7 Å². The minimum Gasteiger partial charge on any atom is -0.392 e. The number of sulfonamides is 1. The van der Waals surface area contributed by atoms with Gasteiger partial charge in [0.25, 0.3) is 0 Å². The first-order chi connectivity index (χ1) is 9.25. The average Bonchev–Trinajstić information content (AvgIpc) is 2.25. The first-order valence-corrected chi connectivity index (χ1v) is 7.95. The van der Waals surface area contributed by atoms with Crippen LogP contribution in [0.1, 0.15) is 19.3 Å². The summed E-state index contributed by atoms with van der Waals surface area (Å²) in [4.78, 5) is 12.4. The SMILES string of the molecule is NC(=S)C1(C(=O)Nc2cccc(S(N)(=O)=O)c2)CCC1. The Labute approximate surface area is 122 Å². The lowest BCUT2D eigenvalue weighted by Gasteiger charge is -2.39. The zero-order valence-electron chi connectivity index (χ0n) is 10.6. The highest BCUT2D eigenvalue weighted by Crippen LogP contribution is 2.42. The van der Waals surface area contributed by atoms with Crippen LogP contribution in [0.5, 0.6) is 0 Å². The van der Waals surface area contributed by atoms with E-state index >= 15 is 0 Å². The van der Waals surface area contributed by atoms with E-state index in [1.807, 2.05) is 0 Å². The highest BCUT2D eigenvalue weighted by molar-refractivity contribution is 7.89. The molecule has 0 atom stereocenters. The maximum Gasteiger partial charge on any atom is 0.238 e. The molecule has 0 radical (unpaired) electrons. The van der Waals surface area contributed by atoms with Crippen molar-refractivity contribution in [2.75, 3.05) is 5.32 Å². The molecule has 2 rings (SSSR count). The van der Waals surface area contributed by atoms with Gasteiger partial charge in [0.05, 0.1) is 15.3 Å². The number of anilines is 1. The fourth-order valence-corrected chi connectivity index (χ4v) is 2.97. The quantitative estimate of drug-likeness (QED) is 0.709. The fraction of sp³-hybridized carbons (Fsp3) is 0.333. The Morgan fingerprint density at radius 3 is 2.45 bits per heavy atom. The van der Waals surface area contributed by atoms with Crippen LogP contribution in [0.15, 0.2) is 29.2 Å². The molecular weight excluding hydrogens is 298 g/mol. The molecule has 1 fully saturated rings. The monoisotopic (exact) mass is 313 g/mol. The van der Waals surface area contributed by atoms with Crippen molar-refractivity contribution in [3.8, 4) is 0 Å². The van der Waals surface area contributed by atoms with E-state index < -0.39 is 15.4 Å². The van der Waals surface area contributed by atoms with E-state index in [0.29, 0.717) is 18.5 Å². The van der Waals surface area contributed by atoms with E-state index in [1.54, 1.807) is 6.07 Å². The van der Waals surface area contributed by atoms with Crippen molar-refractivity contribution in [1.29, 1.82) is 0 Å². The molecule has 20 heavy (non-hydrogen) atoms. The number of hydrogen-bond donors (Lipinski definition) is 3. The lowest BCUT2D eigenvalue weighted by Crippen LogP contribution is -2.50. The smallest absolute Gasteiger partial charge is 0.238 e. The van der Waals surface area contributed by atoms with E-state index in [2.05, 4.69) is 5.32 Å². The van der Waals surface area contributed by atoms with Gasteiger partial charge in [0, 0.05) is 5.69 Å². The minimum absolute atomic E-state index is 0.0618. The first kappa shape index (κ1) is 14.9. The van der Waals surface area contributed by atoms with Crippen molar-refractivity contribution in [3.05, 3.63) is 24.3 Å². The van der Waals surface area contributed by atoms with Crippen LogP contribution in [0.25, 0.3) is 0 Å². The Morgan fingerprint density at radius 1 is 1.35 bits per heavy atom. The number of nitrogens with one attached hydrogen (secondary N) is 1. The Kier molecular flexibility index (Phi) is 3.81. The van der Waals surface area contributed by atoms with Crippen molar-refractivity contribution in [3.63, 3.8) is 0 Å².